The molecule has 3 rings (SSSR count). The fourth-order valence-electron chi connectivity index (χ4n) is 2.31. The van der Waals surface area contributed by atoms with E-state index in [0.29, 0.717) is 34.6 Å². The molecule has 0 atom stereocenters. The molecule has 0 aliphatic rings. The number of esters is 1. The Morgan fingerprint density at radius 3 is 2.68 bits per heavy atom. The molecule has 0 aliphatic heterocycles. The Labute approximate surface area is 149 Å². The highest BCUT2D eigenvalue weighted by Gasteiger charge is 2.08. The first-order chi connectivity index (χ1) is 12.1. The minimum Gasteiger partial charge on any atom is -0.493 e. The van der Waals surface area contributed by atoms with Crippen molar-refractivity contribution in [2.24, 2.45) is 0 Å². The van der Waals surface area contributed by atoms with Crippen LogP contribution >= 0.6 is 11.8 Å². The molecule has 0 aliphatic carbocycles. The van der Waals surface area contributed by atoms with Crippen LogP contribution < -0.4 is 4.74 Å². The fourth-order valence-corrected chi connectivity index (χ4v) is 2.94. The summed E-state index contributed by atoms with van der Waals surface area (Å²) in [6.45, 7) is 4.42. The summed E-state index contributed by atoms with van der Waals surface area (Å²) in [6, 6.07) is 8.81. The second-order valence-electron chi connectivity index (χ2n) is 5.36. The number of hydrogen-bond acceptors (Lipinski definition) is 7. The highest BCUT2D eigenvalue weighted by molar-refractivity contribution is 7.99. The predicted molar refractivity (Wildman–Crippen MR) is 94.3 cm³/mol. The summed E-state index contributed by atoms with van der Waals surface area (Å²) >= 11 is 1.51. The van der Waals surface area contributed by atoms with Gasteiger partial charge in [-0.3, -0.25) is 0 Å². The number of carbonyl (C=O) groups excluding carboxylic acids is 1. The normalized spacial score (nSPS) is 10.8. The summed E-state index contributed by atoms with van der Waals surface area (Å²) in [5.41, 5.74) is 2.42. The Morgan fingerprint density at radius 1 is 1.20 bits per heavy atom. The van der Waals surface area contributed by atoms with Crippen molar-refractivity contribution in [2.45, 2.75) is 19.0 Å². The van der Waals surface area contributed by atoms with Crippen LogP contribution in [0.2, 0.25) is 0 Å². The first-order valence-electron chi connectivity index (χ1n) is 7.72. The van der Waals surface area contributed by atoms with Crippen LogP contribution in [0.25, 0.3) is 5.78 Å². The van der Waals surface area contributed by atoms with Crippen LogP contribution in [-0.2, 0) is 4.74 Å². The van der Waals surface area contributed by atoms with Crippen molar-refractivity contribution in [3.05, 3.63) is 47.3 Å². The molecule has 1 aromatic carbocycles. The number of aryl methyl sites for hydroxylation is 2. The number of thioether (sulfide) groups is 1. The number of rotatable bonds is 6. The molecule has 0 fully saturated rings. The number of benzene rings is 1. The van der Waals surface area contributed by atoms with E-state index in [1.54, 1.807) is 28.8 Å². The minimum atomic E-state index is -0.362. The molecule has 0 N–H and O–H groups in total. The highest BCUT2D eigenvalue weighted by Crippen LogP contribution is 2.17. The van der Waals surface area contributed by atoms with Crippen molar-refractivity contribution in [2.75, 3.05) is 19.5 Å². The van der Waals surface area contributed by atoms with E-state index >= 15 is 0 Å². The first-order valence-corrected chi connectivity index (χ1v) is 8.70. The summed E-state index contributed by atoms with van der Waals surface area (Å²) in [5, 5.41) is 5.11. The maximum Gasteiger partial charge on any atom is 0.337 e. The van der Waals surface area contributed by atoms with Crippen molar-refractivity contribution >= 4 is 23.5 Å². The zero-order valence-electron chi connectivity index (χ0n) is 14.2. The maximum atomic E-state index is 11.4. The number of ether oxygens (including phenoxy) is 2. The molecule has 0 saturated heterocycles. The van der Waals surface area contributed by atoms with Crippen LogP contribution in [0.15, 0.2) is 35.5 Å². The zero-order valence-corrected chi connectivity index (χ0v) is 15.0. The van der Waals surface area contributed by atoms with Crippen LogP contribution in [0, 0.1) is 13.8 Å². The van der Waals surface area contributed by atoms with Crippen LogP contribution in [0.3, 0.4) is 0 Å². The van der Waals surface area contributed by atoms with Gasteiger partial charge in [0.1, 0.15) is 5.75 Å². The molecular formula is C17H18N4O3S. The lowest BCUT2D eigenvalue weighted by Crippen LogP contribution is -2.03. The zero-order chi connectivity index (χ0) is 17.8. The van der Waals surface area contributed by atoms with Crippen molar-refractivity contribution in [1.29, 1.82) is 0 Å². The lowest BCUT2D eigenvalue weighted by molar-refractivity contribution is 0.0600. The number of hydrogen-bond donors (Lipinski definition) is 0. The molecule has 7 nitrogen and oxygen atoms in total. The van der Waals surface area contributed by atoms with E-state index in [1.165, 1.54) is 18.9 Å². The van der Waals surface area contributed by atoms with Crippen LogP contribution in [0.5, 0.6) is 5.75 Å². The van der Waals surface area contributed by atoms with E-state index in [0.717, 1.165) is 11.4 Å². The molecule has 25 heavy (non-hydrogen) atoms. The van der Waals surface area contributed by atoms with E-state index < -0.39 is 0 Å². The van der Waals surface area contributed by atoms with Gasteiger partial charge in [-0.2, -0.15) is 4.98 Å². The number of fused-ring (bicyclic) bond motifs is 1. The van der Waals surface area contributed by atoms with E-state index in [9.17, 15) is 4.79 Å². The van der Waals surface area contributed by atoms with E-state index in [1.807, 2.05) is 19.9 Å². The van der Waals surface area contributed by atoms with Gasteiger partial charge in [0.2, 0.25) is 5.16 Å². The summed E-state index contributed by atoms with van der Waals surface area (Å²) in [6.07, 6.45) is 0. The van der Waals surface area contributed by atoms with Gasteiger partial charge in [0.15, 0.2) is 0 Å². The van der Waals surface area contributed by atoms with Gasteiger partial charge in [0.05, 0.1) is 19.3 Å². The lowest BCUT2D eigenvalue weighted by Gasteiger charge is -2.05. The van der Waals surface area contributed by atoms with Gasteiger partial charge in [-0.05, 0) is 44.2 Å². The van der Waals surface area contributed by atoms with Crippen molar-refractivity contribution in [3.63, 3.8) is 0 Å². The third-order valence-corrected chi connectivity index (χ3v) is 4.26. The maximum absolute atomic E-state index is 11.4. The van der Waals surface area contributed by atoms with Crippen molar-refractivity contribution in [3.8, 4) is 5.75 Å². The molecule has 0 saturated carbocycles. The molecule has 130 valence electrons. The Morgan fingerprint density at radius 2 is 1.96 bits per heavy atom. The molecule has 0 amide bonds. The monoisotopic (exact) mass is 358 g/mol. The summed E-state index contributed by atoms with van der Waals surface area (Å²) in [7, 11) is 1.36. The largest absolute Gasteiger partial charge is 0.493 e. The third kappa shape index (κ3) is 4.08. The van der Waals surface area contributed by atoms with Crippen LogP contribution in [-0.4, -0.2) is 45.0 Å². The highest BCUT2D eigenvalue weighted by atomic mass is 32.2. The second-order valence-corrected chi connectivity index (χ2v) is 6.42. The van der Waals surface area contributed by atoms with Gasteiger partial charge in [-0.15, -0.1) is 5.10 Å². The molecular weight excluding hydrogens is 340 g/mol. The molecule has 2 heterocycles. The average molecular weight is 358 g/mol. The van der Waals surface area contributed by atoms with Gasteiger partial charge in [-0.25, -0.2) is 14.3 Å². The molecule has 3 aromatic rings. The predicted octanol–water partition coefficient (Wildman–Crippen LogP) is 2.70. The second kappa shape index (κ2) is 7.52. The lowest BCUT2D eigenvalue weighted by atomic mass is 10.2. The van der Waals surface area contributed by atoms with Crippen molar-refractivity contribution in [1.82, 2.24) is 19.6 Å². The van der Waals surface area contributed by atoms with Crippen molar-refractivity contribution < 1.29 is 14.3 Å². The molecule has 0 radical (unpaired) electrons. The number of nitrogens with zero attached hydrogens (tertiary/aromatic N) is 4. The van der Waals surface area contributed by atoms with Gasteiger partial charge >= 0.3 is 5.97 Å². The molecule has 8 heteroatoms. The number of aromatic nitrogens is 4. The SMILES string of the molecule is COC(=O)c1ccc(OCCSc2nc3nc(C)cc(C)n3n2)cc1. The quantitative estimate of drug-likeness (QED) is 0.381. The Hall–Kier alpha value is -2.61. The topological polar surface area (TPSA) is 78.6 Å². The number of methoxy groups -OCH3 is 1. The van der Waals surface area contributed by atoms with E-state index in [-0.39, 0.29) is 5.97 Å². The molecule has 0 spiro atoms. The fraction of sp³-hybridized carbons (Fsp3) is 0.294. The standard InChI is InChI=1S/C17H18N4O3S/c1-11-10-12(2)21-16(18-11)19-17(20-21)25-9-8-24-14-6-4-13(5-7-14)15(22)23-3/h4-7,10H,8-9H2,1-3H3. The van der Waals surface area contributed by atoms with Gasteiger partial charge < -0.3 is 9.47 Å². The van der Waals surface area contributed by atoms with Crippen LogP contribution in [0.1, 0.15) is 21.7 Å². The van der Waals surface area contributed by atoms with Gasteiger partial charge in [0, 0.05) is 17.1 Å². The van der Waals surface area contributed by atoms with E-state index in [4.69, 9.17) is 4.74 Å². The molecule has 0 unspecified atom stereocenters. The van der Waals surface area contributed by atoms with Gasteiger partial charge in [-0.1, -0.05) is 11.8 Å². The Kier molecular flexibility index (Phi) is 5.18. The third-order valence-electron chi connectivity index (χ3n) is 3.46. The Balaban J connectivity index is 1.53. The average Bonchev–Trinajstić information content (AvgIpc) is 3.01. The summed E-state index contributed by atoms with van der Waals surface area (Å²) in [5.74, 6) is 1.65. The Bertz CT molecular complexity index is 893. The number of carbonyl (C=O) groups is 1. The molecule has 0 bridgehead atoms. The van der Waals surface area contributed by atoms with Gasteiger partial charge in [0.25, 0.3) is 5.78 Å². The first kappa shape index (κ1) is 17.2. The smallest absolute Gasteiger partial charge is 0.337 e. The van der Waals surface area contributed by atoms with Crippen LogP contribution in [0.4, 0.5) is 0 Å². The summed E-state index contributed by atoms with van der Waals surface area (Å²) < 4.78 is 12.1. The minimum absolute atomic E-state index is 0.362. The van der Waals surface area contributed by atoms with E-state index in [2.05, 4.69) is 19.8 Å². The summed E-state index contributed by atoms with van der Waals surface area (Å²) in [4.78, 5) is 20.2. The molecule has 2 aromatic heterocycles.